The molecule has 0 atom stereocenters. The first-order valence-electron chi connectivity index (χ1n) is 3.99. The minimum atomic E-state index is -0.563. The summed E-state index contributed by atoms with van der Waals surface area (Å²) in [4.78, 5) is 13.8. The van der Waals surface area contributed by atoms with E-state index in [0.717, 1.165) is 0 Å². The molecule has 0 aliphatic heterocycles. The van der Waals surface area contributed by atoms with Crippen LogP contribution >= 0.6 is 11.6 Å². The molecule has 0 unspecified atom stereocenters. The second kappa shape index (κ2) is 3.66. The highest BCUT2D eigenvalue weighted by molar-refractivity contribution is 6.30. The third kappa shape index (κ3) is 1.94. The summed E-state index contributed by atoms with van der Waals surface area (Å²) in [6.07, 6.45) is 2.92. The van der Waals surface area contributed by atoms with Gasteiger partial charge in [-0.3, -0.25) is 0 Å². The second-order valence-electron chi connectivity index (χ2n) is 2.71. The van der Waals surface area contributed by atoms with E-state index in [2.05, 4.69) is 10.1 Å². The maximum Gasteiger partial charge on any atom is 0.390 e. The van der Waals surface area contributed by atoms with Gasteiger partial charge in [-0.25, -0.2) is 4.98 Å². The molecule has 0 aliphatic rings. The molecule has 0 saturated heterocycles. The van der Waals surface area contributed by atoms with Gasteiger partial charge >= 0.3 is 5.82 Å². The molecule has 2 aromatic rings. The summed E-state index contributed by atoms with van der Waals surface area (Å²) >= 11 is 5.65. The molecular formula is C8H5ClN4O2. The first kappa shape index (κ1) is 9.60. The predicted octanol–water partition coefficient (Wildman–Crippen LogP) is 1.83. The Hall–Kier alpha value is -1.95. The number of pyridine rings is 1. The summed E-state index contributed by atoms with van der Waals surface area (Å²) in [5.74, 6) is 0.263. The fourth-order valence-electron chi connectivity index (χ4n) is 1.04. The van der Waals surface area contributed by atoms with E-state index in [4.69, 9.17) is 11.6 Å². The van der Waals surface area contributed by atoms with Crippen LogP contribution < -0.4 is 0 Å². The van der Waals surface area contributed by atoms with Crippen LogP contribution in [0, 0.1) is 10.1 Å². The quantitative estimate of drug-likeness (QED) is 0.576. The van der Waals surface area contributed by atoms with E-state index in [9.17, 15) is 10.1 Å². The SMILES string of the molecule is O=[N+]([O-])c1ccn(-c2ccc(Cl)cn2)n1. The molecule has 0 fully saturated rings. The van der Waals surface area contributed by atoms with Gasteiger partial charge in [0.15, 0.2) is 5.82 Å². The number of nitro groups is 1. The number of rotatable bonds is 2. The fraction of sp³-hybridized carbons (Fsp3) is 0. The van der Waals surface area contributed by atoms with Gasteiger partial charge in [-0.1, -0.05) is 11.6 Å². The van der Waals surface area contributed by atoms with Crippen molar-refractivity contribution >= 4 is 17.4 Å². The highest BCUT2D eigenvalue weighted by atomic mass is 35.5. The van der Waals surface area contributed by atoms with Crippen molar-refractivity contribution in [2.75, 3.05) is 0 Å². The van der Waals surface area contributed by atoms with Gasteiger partial charge in [0.05, 0.1) is 22.4 Å². The van der Waals surface area contributed by atoms with E-state index < -0.39 is 4.92 Å². The zero-order chi connectivity index (χ0) is 10.8. The minimum Gasteiger partial charge on any atom is -0.358 e. The maximum absolute atomic E-state index is 10.4. The molecular weight excluding hydrogens is 220 g/mol. The molecule has 2 heterocycles. The molecule has 0 spiro atoms. The topological polar surface area (TPSA) is 73.8 Å². The van der Waals surface area contributed by atoms with Crippen molar-refractivity contribution in [3.05, 3.63) is 45.7 Å². The Morgan fingerprint density at radius 1 is 1.40 bits per heavy atom. The van der Waals surface area contributed by atoms with Crippen LogP contribution in [0.25, 0.3) is 5.82 Å². The highest BCUT2D eigenvalue weighted by Crippen LogP contribution is 2.12. The average Bonchev–Trinajstić information content (AvgIpc) is 2.68. The molecule has 7 heteroatoms. The van der Waals surface area contributed by atoms with E-state index in [0.29, 0.717) is 10.8 Å². The van der Waals surface area contributed by atoms with Crippen molar-refractivity contribution in [1.82, 2.24) is 14.8 Å². The zero-order valence-corrected chi connectivity index (χ0v) is 8.13. The van der Waals surface area contributed by atoms with Crippen LogP contribution in [0.2, 0.25) is 5.02 Å². The third-order valence-electron chi connectivity index (χ3n) is 1.71. The average molecular weight is 225 g/mol. The first-order chi connectivity index (χ1) is 7.16. The van der Waals surface area contributed by atoms with Crippen molar-refractivity contribution in [2.24, 2.45) is 0 Å². The lowest BCUT2D eigenvalue weighted by Crippen LogP contribution is -1.98. The van der Waals surface area contributed by atoms with E-state index in [1.807, 2.05) is 0 Å². The molecule has 6 nitrogen and oxygen atoms in total. The van der Waals surface area contributed by atoms with Gasteiger partial charge in [0, 0.05) is 6.20 Å². The van der Waals surface area contributed by atoms with Gasteiger partial charge in [0.1, 0.15) is 0 Å². The summed E-state index contributed by atoms with van der Waals surface area (Å²) in [5, 5.41) is 14.6. The van der Waals surface area contributed by atoms with Gasteiger partial charge in [0.2, 0.25) is 0 Å². The van der Waals surface area contributed by atoms with Gasteiger partial charge < -0.3 is 10.1 Å². The van der Waals surface area contributed by atoms with E-state index in [1.165, 1.54) is 23.1 Å². The van der Waals surface area contributed by atoms with E-state index in [1.54, 1.807) is 12.1 Å². The van der Waals surface area contributed by atoms with E-state index >= 15 is 0 Å². The molecule has 76 valence electrons. The number of halogens is 1. The highest BCUT2D eigenvalue weighted by Gasteiger charge is 2.12. The molecule has 0 amide bonds. The normalized spacial score (nSPS) is 10.2. The van der Waals surface area contributed by atoms with Crippen molar-refractivity contribution in [2.45, 2.75) is 0 Å². The zero-order valence-electron chi connectivity index (χ0n) is 7.37. The van der Waals surface area contributed by atoms with Gasteiger partial charge in [0.25, 0.3) is 0 Å². The van der Waals surface area contributed by atoms with Crippen LogP contribution in [-0.2, 0) is 0 Å². The molecule has 0 saturated carbocycles. The van der Waals surface area contributed by atoms with Crippen molar-refractivity contribution in [3.8, 4) is 5.82 Å². The Morgan fingerprint density at radius 3 is 2.73 bits per heavy atom. The molecule has 0 aromatic carbocycles. The molecule has 0 N–H and O–H groups in total. The van der Waals surface area contributed by atoms with Crippen molar-refractivity contribution in [3.63, 3.8) is 0 Å². The summed E-state index contributed by atoms with van der Waals surface area (Å²) in [6.45, 7) is 0. The summed E-state index contributed by atoms with van der Waals surface area (Å²) < 4.78 is 1.31. The largest absolute Gasteiger partial charge is 0.390 e. The van der Waals surface area contributed by atoms with E-state index in [-0.39, 0.29) is 5.82 Å². The first-order valence-corrected chi connectivity index (χ1v) is 4.36. The molecule has 0 aliphatic carbocycles. The maximum atomic E-state index is 10.4. The molecule has 0 radical (unpaired) electrons. The molecule has 2 aromatic heterocycles. The second-order valence-corrected chi connectivity index (χ2v) is 3.15. The van der Waals surface area contributed by atoms with Crippen LogP contribution in [0.1, 0.15) is 0 Å². The number of hydrogen-bond donors (Lipinski definition) is 0. The Balaban J connectivity index is 2.37. The summed E-state index contributed by atoms with van der Waals surface area (Å²) in [5.41, 5.74) is 0. The van der Waals surface area contributed by atoms with Crippen molar-refractivity contribution < 1.29 is 4.92 Å². The van der Waals surface area contributed by atoms with Crippen LogP contribution in [0.4, 0.5) is 5.82 Å². The molecule has 15 heavy (non-hydrogen) atoms. The van der Waals surface area contributed by atoms with Gasteiger partial charge in [-0.15, -0.1) is 4.68 Å². The lowest BCUT2D eigenvalue weighted by molar-refractivity contribution is -0.389. The smallest absolute Gasteiger partial charge is 0.358 e. The Kier molecular flexibility index (Phi) is 2.34. The minimum absolute atomic E-state index is 0.216. The molecule has 2 rings (SSSR count). The van der Waals surface area contributed by atoms with Crippen LogP contribution in [0.15, 0.2) is 30.6 Å². The van der Waals surface area contributed by atoms with Crippen LogP contribution in [-0.4, -0.2) is 19.7 Å². The van der Waals surface area contributed by atoms with Crippen molar-refractivity contribution in [1.29, 1.82) is 0 Å². The van der Waals surface area contributed by atoms with Gasteiger partial charge in [-0.05, 0) is 17.1 Å². The Morgan fingerprint density at radius 2 is 2.20 bits per heavy atom. The lowest BCUT2D eigenvalue weighted by atomic mass is 10.5. The number of aromatic nitrogens is 3. The third-order valence-corrected chi connectivity index (χ3v) is 1.93. The number of hydrogen-bond acceptors (Lipinski definition) is 4. The Labute approximate surface area is 89.3 Å². The standard InChI is InChI=1S/C8H5ClN4O2/c9-6-1-2-7(10-5-6)12-4-3-8(11-12)13(14)15/h1-5H. The van der Waals surface area contributed by atoms with Gasteiger partial charge in [-0.2, -0.15) is 0 Å². The molecule has 0 bridgehead atoms. The Bertz CT molecular complexity index is 494. The predicted molar refractivity (Wildman–Crippen MR) is 53.0 cm³/mol. The van der Waals surface area contributed by atoms with Crippen LogP contribution in [0.5, 0.6) is 0 Å². The number of nitrogens with zero attached hydrogens (tertiary/aromatic N) is 4. The lowest BCUT2D eigenvalue weighted by Gasteiger charge is -1.94. The van der Waals surface area contributed by atoms with Crippen LogP contribution in [0.3, 0.4) is 0 Å². The summed E-state index contributed by atoms with van der Waals surface area (Å²) in [6, 6.07) is 4.56. The summed E-state index contributed by atoms with van der Waals surface area (Å²) in [7, 11) is 0. The monoisotopic (exact) mass is 224 g/mol. The fourth-order valence-corrected chi connectivity index (χ4v) is 1.15.